The first-order chi connectivity index (χ1) is 34.5. The van der Waals surface area contributed by atoms with Crippen LogP contribution in [0.15, 0.2) is 206 Å². The van der Waals surface area contributed by atoms with Crippen LogP contribution in [0.25, 0.3) is 153 Å². The Morgan fingerprint density at radius 2 is 0.586 bits per heavy atom. The summed E-state index contributed by atoms with van der Waals surface area (Å²) in [4.78, 5) is 0. The molecule has 0 bridgehead atoms. The molecule has 1 aliphatic carbocycles. The van der Waals surface area contributed by atoms with Gasteiger partial charge in [-0.15, -0.1) is 0 Å². The maximum Gasteiger partial charge on any atom is -0.000730 e. The zero-order valence-corrected chi connectivity index (χ0v) is 39.8. The van der Waals surface area contributed by atoms with Crippen LogP contribution in [0.3, 0.4) is 0 Å². The highest BCUT2D eigenvalue weighted by Gasteiger charge is 2.36. The molecule has 0 N–H and O–H groups in total. The van der Waals surface area contributed by atoms with Crippen LogP contribution in [0.1, 0.15) is 50.7 Å². The third kappa shape index (κ3) is 5.21. The Kier molecular flexibility index (Phi) is 8.27. The molecule has 14 aromatic rings. The highest BCUT2D eigenvalue weighted by atomic mass is 14.4. The number of fused-ring (bicyclic) bond motifs is 11. The molecule has 0 aromatic heterocycles. The van der Waals surface area contributed by atoms with Gasteiger partial charge in [0, 0.05) is 0 Å². The molecule has 1 aliphatic rings. The lowest BCUT2D eigenvalue weighted by molar-refractivity contribution is 0.876. The van der Waals surface area contributed by atoms with Crippen LogP contribution in [-0.2, 0) is 0 Å². The van der Waals surface area contributed by atoms with E-state index in [0.29, 0.717) is 0 Å². The van der Waals surface area contributed by atoms with Gasteiger partial charge in [0.2, 0.25) is 0 Å². The van der Waals surface area contributed by atoms with E-state index in [0.717, 1.165) is 0 Å². The largest absolute Gasteiger partial charge is 0.0622 e. The lowest BCUT2D eigenvalue weighted by atomic mass is 9.82. The first-order valence-corrected chi connectivity index (χ1v) is 25.2. The molecule has 0 radical (unpaired) electrons. The summed E-state index contributed by atoms with van der Waals surface area (Å²) in [5, 5.41) is 21.5. The van der Waals surface area contributed by atoms with E-state index in [9.17, 15) is 0 Å². The van der Waals surface area contributed by atoms with Crippen molar-refractivity contribution >= 4 is 86.2 Å². The molecular formula is C70H48. The normalized spacial score (nSPS) is 12.5. The van der Waals surface area contributed by atoms with Crippen molar-refractivity contribution in [1.29, 1.82) is 0 Å². The Balaban J connectivity index is 1.20. The van der Waals surface area contributed by atoms with Crippen molar-refractivity contribution in [3.63, 3.8) is 0 Å². The van der Waals surface area contributed by atoms with Crippen LogP contribution in [0.5, 0.6) is 0 Å². The highest BCUT2D eigenvalue weighted by Crippen LogP contribution is 2.62. The fourth-order valence-corrected chi connectivity index (χ4v) is 13.4. The van der Waals surface area contributed by atoms with Crippen molar-refractivity contribution in [3.05, 3.63) is 217 Å². The molecule has 0 atom stereocenters. The molecular weight excluding hydrogens is 841 g/mol. The number of rotatable bonds is 6. The first-order valence-electron chi connectivity index (χ1n) is 25.2. The molecule has 70 heavy (non-hydrogen) atoms. The van der Waals surface area contributed by atoms with E-state index in [-0.39, 0.29) is 11.8 Å². The molecule has 0 aliphatic heterocycles. The van der Waals surface area contributed by atoms with E-state index < -0.39 is 0 Å². The average Bonchev–Trinajstić information content (AvgIpc) is 4.03. The lowest BCUT2D eigenvalue weighted by Crippen LogP contribution is -1.94. The summed E-state index contributed by atoms with van der Waals surface area (Å²) in [6, 6.07) is 78.4. The van der Waals surface area contributed by atoms with Crippen molar-refractivity contribution in [2.24, 2.45) is 0 Å². The maximum atomic E-state index is 2.64. The minimum Gasteiger partial charge on any atom is -0.0622 e. The summed E-state index contributed by atoms with van der Waals surface area (Å²) < 4.78 is 0. The zero-order chi connectivity index (χ0) is 46.5. The van der Waals surface area contributed by atoms with Crippen molar-refractivity contribution < 1.29 is 0 Å². The SMILES string of the molecule is CC(C)c1cc2c3c(cc(C(C)C)c4c5cc6c(-c7ccccc7)c7c8cccc9cccc(c7c(-c7ccccc7)c6cc5c1c34)c98)-c1c-2c(-c2ccccc2)c2ccccc2c1-c1ccccc1. The van der Waals surface area contributed by atoms with E-state index in [4.69, 9.17) is 0 Å². The maximum absolute atomic E-state index is 2.64. The first kappa shape index (κ1) is 39.7. The van der Waals surface area contributed by atoms with Gasteiger partial charge in [0.05, 0.1) is 0 Å². The number of hydrogen-bond donors (Lipinski definition) is 0. The summed E-state index contributed by atoms with van der Waals surface area (Å²) in [6.45, 7) is 9.64. The highest BCUT2D eigenvalue weighted by molar-refractivity contribution is 6.44. The van der Waals surface area contributed by atoms with Gasteiger partial charge in [0.15, 0.2) is 0 Å². The predicted octanol–water partition coefficient (Wildman–Crippen LogP) is 20.4. The van der Waals surface area contributed by atoms with Gasteiger partial charge in [-0.3, -0.25) is 0 Å². The molecule has 0 fully saturated rings. The fourth-order valence-electron chi connectivity index (χ4n) is 13.4. The van der Waals surface area contributed by atoms with Crippen molar-refractivity contribution in [3.8, 4) is 66.8 Å². The molecule has 14 aromatic carbocycles. The molecule has 15 rings (SSSR count). The molecule has 0 nitrogen and oxygen atoms in total. The van der Waals surface area contributed by atoms with E-state index in [1.807, 2.05) is 0 Å². The Morgan fingerprint density at radius 3 is 0.971 bits per heavy atom. The smallest absolute Gasteiger partial charge is 0.000730 e. The number of hydrogen-bond acceptors (Lipinski definition) is 0. The van der Waals surface area contributed by atoms with Crippen LogP contribution in [0.2, 0.25) is 0 Å². The zero-order valence-electron chi connectivity index (χ0n) is 39.8. The predicted molar refractivity (Wildman–Crippen MR) is 303 cm³/mol. The van der Waals surface area contributed by atoms with Crippen molar-refractivity contribution in [2.75, 3.05) is 0 Å². The summed E-state index contributed by atoms with van der Waals surface area (Å²) in [5.74, 6) is 0.547. The van der Waals surface area contributed by atoms with Crippen molar-refractivity contribution in [1.82, 2.24) is 0 Å². The summed E-state index contributed by atoms with van der Waals surface area (Å²) in [6.07, 6.45) is 0. The van der Waals surface area contributed by atoms with Crippen LogP contribution >= 0.6 is 0 Å². The van der Waals surface area contributed by atoms with Crippen LogP contribution in [-0.4, -0.2) is 0 Å². The second-order valence-electron chi connectivity index (χ2n) is 20.5. The fraction of sp³-hybridized carbons (Fsp3) is 0.0857. The molecule has 0 amide bonds. The molecule has 0 unspecified atom stereocenters. The van der Waals surface area contributed by atoms with Gasteiger partial charge in [0.25, 0.3) is 0 Å². The third-order valence-electron chi connectivity index (χ3n) is 16.1. The second kappa shape index (κ2) is 14.6. The molecule has 0 spiro atoms. The molecule has 0 heterocycles. The van der Waals surface area contributed by atoms with Crippen LogP contribution in [0, 0.1) is 0 Å². The Hall–Kier alpha value is -8.32. The lowest BCUT2D eigenvalue weighted by Gasteiger charge is -2.21. The molecule has 0 heteroatoms. The Bertz CT molecular complexity index is 4180. The summed E-state index contributed by atoms with van der Waals surface area (Å²) in [5.41, 5.74) is 18.6. The Morgan fingerprint density at radius 1 is 0.229 bits per heavy atom. The summed E-state index contributed by atoms with van der Waals surface area (Å²) >= 11 is 0. The van der Waals surface area contributed by atoms with Gasteiger partial charge in [-0.2, -0.15) is 0 Å². The molecule has 0 saturated carbocycles. The van der Waals surface area contributed by atoms with E-state index >= 15 is 0 Å². The molecule has 328 valence electrons. The standard InChI is InChI=1S/C70H48/c1-39(2)50-35-56-65-57(69-60(43-23-11-6-12-24-43)47-32-18-17-31-46(47)59(68(56)69)42-21-9-5-10-22-42)36-51(40(3)4)64-55-38-53-52(37-54(55)63(50)70(64)65)61(44-25-13-7-14-26-44)66-48-33-19-29-41-30-20-34-49(58(41)48)67(66)62(53)45-27-15-8-16-28-45/h5-40H,1-4H3. The van der Waals surface area contributed by atoms with Gasteiger partial charge < -0.3 is 0 Å². The van der Waals surface area contributed by atoms with Gasteiger partial charge in [-0.25, -0.2) is 0 Å². The minimum absolute atomic E-state index is 0.273. The molecule has 0 saturated heterocycles. The Labute approximate surface area is 407 Å². The quantitative estimate of drug-likeness (QED) is 0.156. The minimum atomic E-state index is 0.273. The van der Waals surface area contributed by atoms with Gasteiger partial charge in [0.1, 0.15) is 0 Å². The van der Waals surface area contributed by atoms with E-state index in [2.05, 4.69) is 234 Å². The summed E-state index contributed by atoms with van der Waals surface area (Å²) in [7, 11) is 0. The van der Waals surface area contributed by atoms with Crippen molar-refractivity contribution in [2.45, 2.75) is 39.5 Å². The number of benzene rings is 12. The second-order valence-corrected chi connectivity index (χ2v) is 20.5. The van der Waals surface area contributed by atoms with Gasteiger partial charge >= 0.3 is 0 Å². The van der Waals surface area contributed by atoms with Gasteiger partial charge in [-0.1, -0.05) is 210 Å². The van der Waals surface area contributed by atoms with Gasteiger partial charge in [-0.05, 0) is 200 Å². The monoisotopic (exact) mass is 888 g/mol. The van der Waals surface area contributed by atoms with E-state index in [1.165, 1.54) is 164 Å². The average molecular weight is 889 g/mol. The van der Waals surface area contributed by atoms with E-state index in [1.54, 1.807) is 0 Å². The van der Waals surface area contributed by atoms with Crippen LogP contribution < -0.4 is 0 Å². The third-order valence-corrected chi connectivity index (χ3v) is 16.1. The van der Waals surface area contributed by atoms with Crippen LogP contribution in [0.4, 0.5) is 0 Å². The topological polar surface area (TPSA) is 0 Å².